The van der Waals surface area contributed by atoms with Crippen LogP contribution >= 0.6 is 11.3 Å². The SMILES string of the molecule is COc1cccc2sc(-c3c(C(N)=O)cc(C4COCCO4)nc3CN3CCOCC3)nc12. The molecule has 174 valence electrons. The van der Waals surface area contributed by atoms with Crippen molar-refractivity contribution in [3.63, 3.8) is 0 Å². The van der Waals surface area contributed by atoms with Crippen molar-refractivity contribution in [2.24, 2.45) is 5.73 Å². The minimum absolute atomic E-state index is 0.343. The number of rotatable bonds is 6. The van der Waals surface area contributed by atoms with Gasteiger partial charge in [0, 0.05) is 25.2 Å². The average Bonchev–Trinajstić information content (AvgIpc) is 3.28. The summed E-state index contributed by atoms with van der Waals surface area (Å²) in [6.45, 7) is 4.86. The maximum atomic E-state index is 12.7. The fourth-order valence-corrected chi connectivity index (χ4v) is 5.22. The monoisotopic (exact) mass is 470 g/mol. The number of morpholine rings is 1. The lowest BCUT2D eigenvalue weighted by Crippen LogP contribution is -2.36. The van der Waals surface area contributed by atoms with E-state index in [1.165, 1.54) is 11.3 Å². The van der Waals surface area contributed by atoms with Gasteiger partial charge in [-0.1, -0.05) is 6.07 Å². The molecular weight excluding hydrogens is 444 g/mol. The molecule has 1 atom stereocenters. The van der Waals surface area contributed by atoms with E-state index in [0.29, 0.717) is 67.2 Å². The lowest BCUT2D eigenvalue weighted by atomic mass is 10.0. The molecule has 0 radical (unpaired) electrons. The Hall–Kier alpha value is -2.63. The van der Waals surface area contributed by atoms with Crippen molar-refractivity contribution in [3.8, 4) is 16.3 Å². The number of nitrogens with two attached hydrogens (primary N) is 1. The normalized spacial score (nSPS) is 19.6. The van der Waals surface area contributed by atoms with Gasteiger partial charge in [-0.2, -0.15) is 0 Å². The van der Waals surface area contributed by atoms with Crippen LogP contribution in [-0.2, 0) is 20.8 Å². The number of nitrogens with zero attached hydrogens (tertiary/aromatic N) is 3. The van der Waals surface area contributed by atoms with Gasteiger partial charge in [-0.25, -0.2) is 4.98 Å². The Bertz CT molecular complexity index is 1160. The number of primary amides is 1. The Kier molecular flexibility index (Phi) is 6.52. The van der Waals surface area contributed by atoms with Crippen LogP contribution in [0.3, 0.4) is 0 Å². The molecule has 1 aromatic carbocycles. The summed E-state index contributed by atoms with van der Waals surface area (Å²) >= 11 is 1.49. The third-order valence-electron chi connectivity index (χ3n) is 5.82. The van der Waals surface area contributed by atoms with E-state index in [9.17, 15) is 4.79 Å². The summed E-state index contributed by atoms with van der Waals surface area (Å²) in [5, 5.41) is 0.687. The maximum Gasteiger partial charge on any atom is 0.249 e. The number of ether oxygens (including phenoxy) is 4. The van der Waals surface area contributed by atoms with Crippen molar-refractivity contribution in [2.45, 2.75) is 12.6 Å². The number of hydrogen-bond donors (Lipinski definition) is 1. The summed E-state index contributed by atoms with van der Waals surface area (Å²) in [6, 6.07) is 7.51. The van der Waals surface area contributed by atoms with E-state index in [1.54, 1.807) is 13.2 Å². The van der Waals surface area contributed by atoms with Gasteiger partial charge < -0.3 is 24.7 Å². The number of hydrogen-bond acceptors (Lipinski definition) is 9. The number of pyridine rings is 1. The van der Waals surface area contributed by atoms with Gasteiger partial charge in [-0.15, -0.1) is 11.3 Å². The van der Waals surface area contributed by atoms with E-state index in [0.717, 1.165) is 29.0 Å². The maximum absolute atomic E-state index is 12.7. The van der Waals surface area contributed by atoms with Gasteiger partial charge in [-0.3, -0.25) is 14.7 Å². The topological polar surface area (TPSA) is 109 Å². The van der Waals surface area contributed by atoms with Crippen LogP contribution in [0.1, 0.15) is 27.8 Å². The predicted molar refractivity (Wildman–Crippen MR) is 124 cm³/mol. The highest BCUT2D eigenvalue weighted by Gasteiger charge is 2.27. The molecule has 0 saturated carbocycles. The highest BCUT2D eigenvalue weighted by molar-refractivity contribution is 7.21. The predicted octanol–water partition coefficient (Wildman–Crippen LogP) is 2.39. The van der Waals surface area contributed by atoms with Crippen LogP contribution in [0.25, 0.3) is 20.8 Å². The van der Waals surface area contributed by atoms with Crippen molar-refractivity contribution >= 4 is 27.5 Å². The molecule has 0 spiro atoms. The quantitative estimate of drug-likeness (QED) is 0.585. The minimum atomic E-state index is -0.528. The molecular formula is C23H26N4O5S. The van der Waals surface area contributed by atoms with Crippen molar-refractivity contribution < 1.29 is 23.7 Å². The minimum Gasteiger partial charge on any atom is -0.494 e. The molecule has 2 aromatic heterocycles. The lowest BCUT2D eigenvalue weighted by molar-refractivity contribution is -0.0918. The number of carbonyl (C=O) groups is 1. The van der Waals surface area contributed by atoms with Gasteiger partial charge in [-0.05, 0) is 18.2 Å². The van der Waals surface area contributed by atoms with Crippen LogP contribution < -0.4 is 10.5 Å². The van der Waals surface area contributed by atoms with Crippen LogP contribution in [0.4, 0.5) is 0 Å². The number of amides is 1. The molecule has 33 heavy (non-hydrogen) atoms. The second kappa shape index (κ2) is 9.70. The summed E-state index contributed by atoms with van der Waals surface area (Å²) in [4.78, 5) is 24.7. The molecule has 2 aliphatic heterocycles. The molecule has 1 amide bonds. The summed E-state index contributed by atoms with van der Waals surface area (Å²) in [7, 11) is 1.62. The molecule has 2 N–H and O–H groups in total. The molecule has 0 bridgehead atoms. The van der Waals surface area contributed by atoms with E-state index in [2.05, 4.69) is 4.90 Å². The molecule has 9 nitrogen and oxygen atoms in total. The molecule has 3 aromatic rings. The molecule has 2 fully saturated rings. The van der Waals surface area contributed by atoms with E-state index in [4.69, 9.17) is 34.6 Å². The van der Waals surface area contributed by atoms with Gasteiger partial charge in [0.2, 0.25) is 5.91 Å². The van der Waals surface area contributed by atoms with Crippen molar-refractivity contribution in [1.82, 2.24) is 14.9 Å². The number of aromatic nitrogens is 2. The van der Waals surface area contributed by atoms with Gasteiger partial charge in [0.05, 0.1) is 61.8 Å². The lowest BCUT2D eigenvalue weighted by Gasteiger charge is -2.28. The smallest absolute Gasteiger partial charge is 0.249 e. The summed E-state index contributed by atoms with van der Waals surface area (Å²) in [6.07, 6.45) is -0.343. The first-order valence-corrected chi connectivity index (χ1v) is 11.7. The number of thiazole rings is 1. The van der Waals surface area contributed by atoms with Gasteiger partial charge >= 0.3 is 0 Å². The van der Waals surface area contributed by atoms with Crippen LogP contribution in [0.5, 0.6) is 5.75 Å². The first-order chi connectivity index (χ1) is 16.1. The molecule has 10 heteroatoms. The van der Waals surface area contributed by atoms with Crippen LogP contribution in [0, 0.1) is 0 Å². The first kappa shape index (κ1) is 22.2. The molecule has 5 rings (SSSR count). The first-order valence-electron chi connectivity index (χ1n) is 10.9. The van der Waals surface area contributed by atoms with E-state index in [-0.39, 0.29) is 6.10 Å². The highest BCUT2D eigenvalue weighted by Crippen LogP contribution is 2.38. The zero-order chi connectivity index (χ0) is 22.8. The van der Waals surface area contributed by atoms with Gasteiger partial charge in [0.25, 0.3) is 0 Å². The number of benzene rings is 1. The Labute approximate surface area is 195 Å². The fraction of sp³-hybridized carbons (Fsp3) is 0.435. The molecule has 2 aliphatic rings. The van der Waals surface area contributed by atoms with E-state index in [1.807, 2.05) is 18.2 Å². The Morgan fingerprint density at radius 1 is 1.21 bits per heavy atom. The number of carbonyl (C=O) groups excluding carboxylic acids is 1. The number of para-hydroxylation sites is 1. The van der Waals surface area contributed by atoms with Gasteiger partial charge in [0.15, 0.2) is 0 Å². The Morgan fingerprint density at radius 2 is 2.06 bits per heavy atom. The van der Waals surface area contributed by atoms with Crippen molar-refractivity contribution in [3.05, 3.63) is 41.2 Å². The summed E-state index contributed by atoms with van der Waals surface area (Å²) in [5.41, 5.74) is 9.08. The highest BCUT2D eigenvalue weighted by atomic mass is 32.1. The van der Waals surface area contributed by atoms with E-state index < -0.39 is 5.91 Å². The molecule has 1 unspecified atom stereocenters. The standard InChI is InChI=1S/C23H26N4O5S/c1-29-17-3-2-4-19-21(17)26-23(33-19)20-14(22(24)28)11-15(18-13-31-9-10-32-18)25-16(20)12-27-5-7-30-8-6-27/h2-4,11,18H,5-10,12-13H2,1H3,(H2,24,28). The molecule has 0 aliphatic carbocycles. The largest absolute Gasteiger partial charge is 0.494 e. The van der Waals surface area contributed by atoms with Crippen molar-refractivity contribution in [1.29, 1.82) is 0 Å². The third kappa shape index (κ3) is 4.57. The third-order valence-corrected chi connectivity index (χ3v) is 6.86. The van der Waals surface area contributed by atoms with Crippen LogP contribution in [0.15, 0.2) is 24.3 Å². The Morgan fingerprint density at radius 3 is 2.79 bits per heavy atom. The summed E-state index contributed by atoms with van der Waals surface area (Å²) < 4.78 is 23.4. The number of fused-ring (bicyclic) bond motifs is 1. The molecule has 2 saturated heterocycles. The second-order valence-electron chi connectivity index (χ2n) is 7.93. The van der Waals surface area contributed by atoms with Crippen LogP contribution in [0.2, 0.25) is 0 Å². The zero-order valence-electron chi connectivity index (χ0n) is 18.4. The van der Waals surface area contributed by atoms with Crippen LogP contribution in [-0.4, -0.2) is 74.0 Å². The molecule has 4 heterocycles. The summed E-state index contributed by atoms with van der Waals surface area (Å²) in [5.74, 6) is 0.155. The number of methoxy groups -OCH3 is 1. The van der Waals surface area contributed by atoms with Gasteiger partial charge in [0.1, 0.15) is 22.4 Å². The van der Waals surface area contributed by atoms with E-state index >= 15 is 0 Å². The Balaban J connectivity index is 1.66. The zero-order valence-corrected chi connectivity index (χ0v) is 19.2. The van der Waals surface area contributed by atoms with Crippen molar-refractivity contribution in [2.75, 3.05) is 53.2 Å². The average molecular weight is 471 g/mol. The second-order valence-corrected chi connectivity index (χ2v) is 8.96. The fourth-order valence-electron chi connectivity index (χ4n) is 4.16.